The number of esters is 1. The molecular formula is C28H25NO6S. The molecule has 1 aliphatic rings. The lowest BCUT2D eigenvalue weighted by Gasteiger charge is -2.19. The van der Waals surface area contributed by atoms with Crippen molar-refractivity contribution in [2.75, 3.05) is 0 Å². The Bertz CT molecular complexity index is 1620. The van der Waals surface area contributed by atoms with Crippen LogP contribution in [-0.4, -0.2) is 14.4 Å². The molecule has 0 saturated heterocycles. The molecule has 4 aromatic rings. The Labute approximate surface area is 208 Å². The van der Waals surface area contributed by atoms with Gasteiger partial charge in [-0.1, -0.05) is 48.0 Å². The van der Waals surface area contributed by atoms with E-state index in [1.54, 1.807) is 61.5 Å². The number of nitrogens with one attached hydrogen (secondary N) is 1. The van der Waals surface area contributed by atoms with Crippen LogP contribution in [0.5, 0.6) is 5.75 Å². The maximum absolute atomic E-state index is 13.6. The largest absolute Gasteiger partial charge is 0.424 e. The van der Waals surface area contributed by atoms with Crippen LogP contribution in [0.4, 0.5) is 0 Å². The van der Waals surface area contributed by atoms with Gasteiger partial charge in [0.15, 0.2) is 0 Å². The van der Waals surface area contributed by atoms with Crippen LogP contribution in [0.3, 0.4) is 0 Å². The van der Waals surface area contributed by atoms with Crippen molar-refractivity contribution in [2.45, 2.75) is 44.0 Å². The summed E-state index contributed by atoms with van der Waals surface area (Å²) in [6.45, 7) is 3.66. The van der Waals surface area contributed by atoms with E-state index in [4.69, 9.17) is 9.15 Å². The van der Waals surface area contributed by atoms with Crippen LogP contribution in [0.2, 0.25) is 0 Å². The molecule has 0 aliphatic heterocycles. The molecule has 1 aromatic heterocycles. The number of sulfonamides is 1. The highest BCUT2D eigenvalue weighted by Crippen LogP contribution is 2.36. The summed E-state index contributed by atoms with van der Waals surface area (Å²) in [4.78, 5) is 26.0. The fraction of sp³-hybridized carbons (Fsp3) is 0.214. The zero-order valence-electron chi connectivity index (χ0n) is 19.9. The van der Waals surface area contributed by atoms with Gasteiger partial charge in [0.2, 0.25) is 10.0 Å². The molecule has 8 heteroatoms. The molecule has 7 nitrogen and oxygen atoms in total. The second kappa shape index (κ2) is 9.37. The first-order valence-electron chi connectivity index (χ1n) is 11.7. The molecule has 1 N–H and O–H groups in total. The summed E-state index contributed by atoms with van der Waals surface area (Å²) < 4.78 is 40.3. The number of carbonyl (C=O) groups is 1. The molecule has 0 amide bonds. The van der Waals surface area contributed by atoms with Crippen molar-refractivity contribution in [1.29, 1.82) is 0 Å². The van der Waals surface area contributed by atoms with E-state index in [9.17, 15) is 18.0 Å². The van der Waals surface area contributed by atoms with Crippen LogP contribution in [0, 0.1) is 13.8 Å². The normalized spacial score (nSPS) is 13.9. The van der Waals surface area contributed by atoms with Gasteiger partial charge < -0.3 is 9.15 Å². The predicted octanol–water partition coefficient (Wildman–Crippen LogP) is 4.52. The second-order valence-electron chi connectivity index (χ2n) is 9.04. The van der Waals surface area contributed by atoms with Crippen molar-refractivity contribution < 1.29 is 22.4 Å². The molecule has 1 aliphatic carbocycles. The minimum Gasteiger partial charge on any atom is -0.424 e. The summed E-state index contributed by atoms with van der Waals surface area (Å²) in [5.41, 5.74) is 3.49. The Balaban J connectivity index is 1.56. The summed E-state index contributed by atoms with van der Waals surface area (Å²) in [6, 6.07) is 17.1. The number of carbonyl (C=O) groups excluding carboxylic acids is 1. The average molecular weight is 504 g/mol. The second-order valence-corrected chi connectivity index (χ2v) is 10.7. The summed E-state index contributed by atoms with van der Waals surface area (Å²) in [5.74, 6) is -0.547. The summed E-state index contributed by atoms with van der Waals surface area (Å²) in [7, 11) is -4.04. The lowest BCUT2D eigenvalue weighted by molar-refractivity contribution is -0.136. The minimum atomic E-state index is -4.04. The number of rotatable bonds is 6. The molecule has 0 fully saturated rings. The monoisotopic (exact) mass is 503 g/mol. The molecule has 3 aromatic carbocycles. The van der Waals surface area contributed by atoms with E-state index in [-0.39, 0.29) is 16.3 Å². The van der Waals surface area contributed by atoms with Crippen molar-refractivity contribution in [3.05, 3.63) is 105 Å². The molecule has 0 spiro atoms. The van der Waals surface area contributed by atoms with Gasteiger partial charge in [-0.15, -0.1) is 0 Å². The Morgan fingerprint density at radius 2 is 1.64 bits per heavy atom. The number of hydrogen-bond acceptors (Lipinski definition) is 6. The Morgan fingerprint density at radius 3 is 2.36 bits per heavy atom. The number of ether oxygens (including phenoxy) is 1. The van der Waals surface area contributed by atoms with Gasteiger partial charge in [-0.3, -0.25) is 0 Å². The highest BCUT2D eigenvalue weighted by molar-refractivity contribution is 7.89. The van der Waals surface area contributed by atoms with Crippen molar-refractivity contribution in [3.8, 4) is 5.75 Å². The summed E-state index contributed by atoms with van der Waals surface area (Å²) >= 11 is 0. The van der Waals surface area contributed by atoms with Crippen LogP contribution in [-0.2, 0) is 27.7 Å². The van der Waals surface area contributed by atoms with Gasteiger partial charge in [0.25, 0.3) is 0 Å². The van der Waals surface area contributed by atoms with Gasteiger partial charge in [0.1, 0.15) is 17.4 Å². The lowest BCUT2D eigenvalue weighted by Crippen LogP contribution is -2.36. The number of aryl methyl sites for hydroxylation is 3. The van der Waals surface area contributed by atoms with E-state index in [2.05, 4.69) is 4.72 Å². The van der Waals surface area contributed by atoms with Gasteiger partial charge in [-0.2, -0.15) is 4.72 Å². The average Bonchev–Trinajstić information content (AvgIpc) is 3.33. The van der Waals surface area contributed by atoms with E-state index in [1.807, 2.05) is 6.92 Å². The van der Waals surface area contributed by atoms with Crippen molar-refractivity contribution in [3.63, 3.8) is 0 Å². The molecule has 0 unspecified atom stereocenters. The smallest absolute Gasteiger partial charge is 0.339 e. The van der Waals surface area contributed by atoms with Gasteiger partial charge in [-0.25, -0.2) is 18.0 Å². The highest BCUT2D eigenvalue weighted by Gasteiger charge is 2.30. The van der Waals surface area contributed by atoms with E-state index in [0.717, 1.165) is 23.1 Å². The topological polar surface area (TPSA) is 103 Å². The molecule has 184 valence electrons. The zero-order valence-corrected chi connectivity index (χ0v) is 20.7. The first-order chi connectivity index (χ1) is 17.2. The van der Waals surface area contributed by atoms with Gasteiger partial charge in [0, 0.05) is 5.56 Å². The molecular weight excluding hydrogens is 478 g/mol. The fourth-order valence-electron chi connectivity index (χ4n) is 4.59. The number of hydrogen-bond donors (Lipinski definition) is 1. The van der Waals surface area contributed by atoms with E-state index < -0.39 is 22.0 Å². The molecule has 0 bridgehead atoms. The van der Waals surface area contributed by atoms with Crippen LogP contribution in [0.15, 0.2) is 80.8 Å². The van der Waals surface area contributed by atoms with Gasteiger partial charge in [-0.05, 0) is 74.1 Å². The van der Waals surface area contributed by atoms with Crippen LogP contribution < -0.4 is 15.1 Å². The zero-order chi connectivity index (χ0) is 25.4. The summed E-state index contributed by atoms with van der Waals surface area (Å²) in [5, 5.41) is 0.578. The number of fused-ring (bicyclic) bond motifs is 3. The van der Waals surface area contributed by atoms with Crippen molar-refractivity contribution >= 4 is 27.0 Å². The molecule has 1 heterocycles. The minimum absolute atomic E-state index is 0.0439. The molecule has 0 radical (unpaired) electrons. The first-order valence-corrected chi connectivity index (χ1v) is 13.2. The Morgan fingerprint density at radius 1 is 0.944 bits per heavy atom. The highest BCUT2D eigenvalue weighted by atomic mass is 32.2. The SMILES string of the molecule is Cc1ccc(S(=O)(=O)N[C@H](C(=O)Oc2cc(C)cc3oc(=O)c4c(c23)CCC4)c2ccccc2)cc1. The molecule has 1 atom stereocenters. The Hall–Kier alpha value is -3.75. The fourth-order valence-corrected chi connectivity index (χ4v) is 5.76. The third-order valence-corrected chi connectivity index (χ3v) is 7.80. The third-order valence-electron chi connectivity index (χ3n) is 6.36. The first kappa shape index (κ1) is 24.0. The molecule has 5 rings (SSSR count). The van der Waals surface area contributed by atoms with E-state index in [0.29, 0.717) is 34.9 Å². The standard InChI is InChI=1S/C28H25NO6S/c1-17-11-13-20(14-12-17)36(32,33)29-26(19-7-4-3-5-8-19)28(31)35-24-16-18(2)15-23-25(24)21-9-6-10-22(21)27(30)34-23/h3-5,7-8,11-16,26,29H,6,9-10H2,1-2H3/t26-/m0/s1. The summed E-state index contributed by atoms with van der Waals surface area (Å²) in [6.07, 6.45) is 2.09. The lowest BCUT2D eigenvalue weighted by atomic mass is 10.0. The predicted molar refractivity (Wildman–Crippen MR) is 136 cm³/mol. The third kappa shape index (κ3) is 4.57. The Kier molecular flexibility index (Phi) is 6.24. The molecule has 36 heavy (non-hydrogen) atoms. The van der Waals surface area contributed by atoms with Crippen molar-refractivity contribution in [2.24, 2.45) is 0 Å². The van der Waals surface area contributed by atoms with E-state index >= 15 is 0 Å². The molecule has 0 saturated carbocycles. The van der Waals surface area contributed by atoms with Gasteiger partial charge in [0.05, 0.1) is 10.3 Å². The van der Waals surface area contributed by atoms with Crippen LogP contribution in [0.25, 0.3) is 11.0 Å². The van der Waals surface area contributed by atoms with Crippen LogP contribution >= 0.6 is 0 Å². The van der Waals surface area contributed by atoms with Crippen molar-refractivity contribution in [1.82, 2.24) is 4.72 Å². The maximum atomic E-state index is 13.6. The van der Waals surface area contributed by atoms with E-state index in [1.165, 1.54) is 12.1 Å². The van der Waals surface area contributed by atoms with Gasteiger partial charge >= 0.3 is 11.6 Å². The maximum Gasteiger partial charge on any atom is 0.339 e. The quantitative estimate of drug-likeness (QED) is 0.236. The van der Waals surface area contributed by atoms with Crippen LogP contribution in [0.1, 0.15) is 40.3 Å². The number of benzene rings is 3.